The van der Waals surface area contributed by atoms with E-state index in [4.69, 9.17) is 0 Å². The molecule has 0 aliphatic heterocycles. The van der Waals surface area contributed by atoms with Crippen LogP contribution in [0.1, 0.15) is 6.42 Å². The molecule has 0 spiro atoms. The van der Waals surface area contributed by atoms with Crippen LogP contribution in [0.2, 0.25) is 0 Å². The van der Waals surface area contributed by atoms with Gasteiger partial charge in [-0.2, -0.15) is 0 Å². The van der Waals surface area contributed by atoms with Crippen molar-refractivity contribution in [2.45, 2.75) is 10.6 Å². The van der Waals surface area contributed by atoms with Gasteiger partial charge >= 0.3 is 0 Å². The lowest BCUT2D eigenvalue weighted by Gasteiger charge is -2.09. The van der Waals surface area contributed by atoms with E-state index in [9.17, 15) is 8.42 Å². The van der Waals surface area contributed by atoms with Crippen LogP contribution < -0.4 is 4.72 Å². The van der Waals surface area contributed by atoms with Gasteiger partial charge in [-0.15, -0.1) is 11.3 Å². The summed E-state index contributed by atoms with van der Waals surface area (Å²) in [5.41, 5.74) is 0. The number of hydrogen-bond donors (Lipinski definition) is 1. The molecule has 92 valence electrons. The molecule has 0 saturated carbocycles. The van der Waals surface area contributed by atoms with Gasteiger partial charge in [-0.1, -0.05) is 0 Å². The molecule has 1 N–H and O–H groups in total. The number of nitrogens with one attached hydrogen (secondary N) is 1. The third kappa shape index (κ3) is 4.14. The number of rotatable bonds is 6. The lowest BCUT2D eigenvalue weighted by Crippen LogP contribution is -2.26. The minimum absolute atomic E-state index is 0.345. The fraction of sp³-hybridized carbons (Fsp3) is 0.556. The van der Waals surface area contributed by atoms with Gasteiger partial charge in [0.05, 0.1) is 0 Å². The van der Waals surface area contributed by atoms with Crippen molar-refractivity contribution in [3.63, 3.8) is 0 Å². The molecule has 1 heterocycles. The molecule has 7 heteroatoms. The van der Waals surface area contributed by atoms with Gasteiger partial charge in [0, 0.05) is 11.0 Å². The lowest BCUT2D eigenvalue weighted by molar-refractivity contribution is 0.400. The van der Waals surface area contributed by atoms with Crippen molar-refractivity contribution in [1.29, 1.82) is 0 Å². The first-order valence-electron chi connectivity index (χ1n) is 4.81. The van der Waals surface area contributed by atoms with Gasteiger partial charge in [0.2, 0.25) is 0 Å². The van der Waals surface area contributed by atoms with Crippen LogP contribution in [0.5, 0.6) is 0 Å². The zero-order valence-electron chi connectivity index (χ0n) is 9.23. The predicted octanol–water partition coefficient (Wildman–Crippen LogP) is 1.74. The zero-order chi connectivity index (χ0) is 12.2. The van der Waals surface area contributed by atoms with Crippen LogP contribution in [0.15, 0.2) is 20.1 Å². The van der Waals surface area contributed by atoms with E-state index in [1.54, 1.807) is 11.4 Å². The first-order chi connectivity index (χ1) is 7.43. The van der Waals surface area contributed by atoms with Crippen LogP contribution in [0.25, 0.3) is 0 Å². The van der Waals surface area contributed by atoms with E-state index in [0.717, 1.165) is 13.0 Å². The first-order valence-corrected chi connectivity index (χ1v) is 7.96. The maximum Gasteiger partial charge on any atom is 0.251 e. The Morgan fingerprint density at radius 1 is 1.50 bits per heavy atom. The molecule has 1 aromatic heterocycles. The molecule has 0 aromatic carbocycles. The minimum Gasteiger partial charge on any atom is -0.309 e. The Bertz CT molecular complexity index is 428. The first kappa shape index (κ1) is 14.1. The molecule has 0 radical (unpaired) electrons. The average Bonchev–Trinajstić information content (AvgIpc) is 2.59. The summed E-state index contributed by atoms with van der Waals surface area (Å²) in [6.45, 7) is 1.33. The highest BCUT2D eigenvalue weighted by Crippen LogP contribution is 2.27. The van der Waals surface area contributed by atoms with E-state index in [2.05, 4.69) is 20.7 Å². The van der Waals surface area contributed by atoms with E-state index in [0.29, 0.717) is 15.2 Å². The molecule has 0 unspecified atom stereocenters. The summed E-state index contributed by atoms with van der Waals surface area (Å²) in [6, 6.07) is 1.74. The molecule has 1 aromatic rings. The fourth-order valence-corrected chi connectivity index (χ4v) is 4.59. The molecule has 1 rings (SSSR count). The van der Waals surface area contributed by atoms with Gasteiger partial charge in [0.15, 0.2) is 0 Å². The topological polar surface area (TPSA) is 49.4 Å². The van der Waals surface area contributed by atoms with Crippen molar-refractivity contribution in [3.8, 4) is 0 Å². The zero-order valence-corrected chi connectivity index (χ0v) is 12.5. The number of hydrogen-bond acceptors (Lipinski definition) is 4. The molecular formula is C9H15BrN2O2S2. The molecule has 0 aliphatic carbocycles. The summed E-state index contributed by atoms with van der Waals surface area (Å²) in [5.74, 6) is 0. The van der Waals surface area contributed by atoms with E-state index in [-0.39, 0.29) is 0 Å². The van der Waals surface area contributed by atoms with Gasteiger partial charge in [0.1, 0.15) is 4.21 Å². The highest BCUT2D eigenvalue weighted by Gasteiger charge is 2.18. The van der Waals surface area contributed by atoms with Crippen molar-refractivity contribution in [3.05, 3.63) is 15.9 Å². The van der Waals surface area contributed by atoms with Crippen LogP contribution in [-0.4, -0.2) is 40.5 Å². The Kier molecular flexibility index (Phi) is 5.39. The average molecular weight is 327 g/mol. The molecule has 0 aliphatic rings. The predicted molar refractivity (Wildman–Crippen MR) is 70.4 cm³/mol. The molecule has 4 nitrogen and oxygen atoms in total. The standard InChI is InChI=1S/C9H15BrN2O2S2/c1-12(2)6-3-5-11-16(13,14)9-8(10)4-7-15-9/h4,7,11H,3,5-6H2,1-2H3. The summed E-state index contributed by atoms with van der Waals surface area (Å²) >= 11 is 4.43. The fourth-order valence-electron chi connectivity index (χ4n) is 1.14. The van der Waals surface area contributed by atoms with Crippen molar-refractivity contribution in [2.24, 2.45) is 0 Å². The Morgan fingerprint density at radius 2 is 2.19 bits per heavy atom. The van der Waals surface area contributed by atoms with Crippen LogP contribution in [-0.2, 0) is 10.0 Å². The highest BCUT2D eigenvalue weighted by molar-refractivity contribution is 9.10. The highest BCUT2D eigenvalue weighted by atomic mass is 79.9. The van der Waals surface area contributed by atoms with Gasteiger partial charge in [0.25, 0.3) is 10.0 Å². The van der Waals surface area contributed by atoms with Crippen molar-refractivity contribution in [2.75, 3.05) is 27.2 Å². The van der Waals surface area contributed by atoms with E-state index >= 15 is 0 Å². The third-order valence-corrected chi connectivity index (χ3v) is 6.03. The van der Waals surface area contributed by atoms with Crippen molar-refractivity contribution < 1.29 is 8.42 Å². The summed E-state index contributed by atoms with van der Waals surface area (Å²) in [7, 11) is 0.583. The van der Waals surface area contributed by atoms with E-state index in [1.165, 1.54) is 11.3 Å². The second-order valence-electron chi connectivity index (χ2n) is 3.61. The normalized spacial score (nSPS) is 12.2. The quantitative estimate of drug-likeness (QED) is 0.810. The molecule has 0 fully saturated rings. The van der Waals surface area contributed by atoms with Crippen LogP contribution in [0.3, 0.4) is 0 Å². The summed E-state index contributed by atoms with van der Waals surface area (Å²) < 4.78 is 27.2. The minimum atomic E-state index is -3.34. The molecular weight excluding hydrogens is 312 g/mol. The van der Waals surface area contributed by atoms with E-state index < -0.39 is 10.0 Å². The van der Waals surface area contributed by atoms with Gasteiger partial charge in [-0.25, -0.2) is 13.1 Å². The second kappa shape index (κ2) is 6.11. The van der Waals surface area contributed by atoms with Gasteiger partial charge in [-0.3, -0.25) is 0 Å². The van der Waals surface area contributed by atoms with Gasteiger partial charge < -0.3 is 4.90 Å². The van der Waals surface area contributed by atoms with Crippen LogP contribution >= 0.6 is 27.3 Å². The van der Waals surface area contributed by atoms with Gasteiger partial charge in [-0.05, 0) is 54.4 Å². The maximum absolute atomic E-state index is 11.8. The number of thiophene rings is 1. The number of nitrogens with zero attached hydrogens (tertiary/aromatic N) is 1. The lowest BCUT2D eigenvalue weighted by atomic mass is 10.4. The Labute approximate surface area is 109 Å². The third-order valence-electron chi connectivity index (χ3n) is 1.90. The molecule has 16 heavy (non-hydrogen) atoms. The molecule has 0 amide bonds. The van der Waals surface area contributed by atoms with Crippen molar-refractivity contribution in [1.82, 2.24) is 9.62 Å². The monoisotopic (exact) mass is 326 g/mol. The number of sulfonamides is 1. The summed E-state index contributed by atoms with van der Waals surface area (Å²) in [6.07, 6.45) is 0.801. The Morgan fingerprint density at radius 3 is 2.69 bits per heavy atom. The van der Waals surface area contributed by atoms with Crippen LogP contribution in [0.4, 0.5) is 0 Å². The smallest absolute Gasteiger partial charge is 0.251 e. The van der Waals surface area contributed by atoms with E-state index in [1.807, 2.05) is 19.0 Å². The second-order valence-corrected chi connectivity index (χ2v) is 7.34. The molecule has 0 atom stereocenters. The molecule has 0 saturated heterocycles. The summed E-state index contributed by atoms with van der Waals surface area (Å²) in [4.78, 5) is 2.02. The van der Waals surface area contributed by atoms with Crippen molar-refractivity contribution >= 4 is 37.3 Å². The summed E-state index contributed by atoms with van der Waals surface area (Å²) in [5, 5.41) is 1.75. The Balaban J connectivity index is 2.51. The largest absolute Gasteiger partial charge is 0.309 e. The molecule has 0 bridgehead atoms. The SMILES string of the molecule is CN(C)CCCNS(=O)(=O)c1sccc1Br. The maximum atomic E-state index is 11.8. The Hall–Kier alpha value is 0.0500. The van der Waals surface area contributed by atoms with Crippen LogP contribution in [0, 0.1) is 0 Å². The number of halogens is 1.